The van der Waals surface area contributed by atoms with E-state index in [4.69, 9.17) is 10.5 Å². The Hall–Kier alpha value is -1.80. The van der Waals surface area contributed by atoms with Crippen LogP contribution < -0.4 is 10.5 Å². The summed E-state index contributed by atoms with van der Waals surface area (Å²) in [6, 6.07) is 16.3. The Morgan fingerprint density at radius 1 is 1.06 bits per heavy atom. The minimum Gasteiger partial charge on any atom is -0.484 e. The van der Waals surface area contributed by atoms with Crippen molar-refractivity contribution in [2.24, 2.45) is 5.73 Å². The van der Waals surface area contributed by atoms with Gasteiger partial charge < -0.3 is 10.5 Å². The smallest absolute Gasteiger partial charge is 0.136 e. The van der Waals surface area contributed by atoms with Crippen molar-refractivity contribution < 1.29 is 4.74 Å². The highest BCUT2D eigenvalue weighted by molar-refractivity contribution is 5.36. The molecule has 0 radical (unpaired) electrons. The lowest BCUT2D eigenvalue weighted by molar-refractivity contribution is 0.212. The van der Waals surface area contributed by atoms with E-state index in [0.29, 0.717) is 6.54 Å². The van der Waals surface area contributed by atoms with Crippen LogP contribution in [0, 0.1) is 13.8 Å². The van der Waals surface area contributed by atoms with Gasteiger partial charge in [-0.15, -0.1) is 0 Å². The lowest BCUT2D eigenvalue weighted by atomic mass is 10.1. The number of nitrogens with two attached hydrogens (primary N) is 1. The standard InChI is InChI=1S/C16H19NO/c1-12-8-9-13(2)15(10-12)18-16(11-17)14-6-4-3-5-7-14/h3-10,16H,11,17H2,1-2H3. The molecule has 0 aromatic heterocycles. The van der Waals surface area contributed by atoms with Crippen molar-refractivity contribution in [2.45, 2.75) is 20.0 Å². The molecule has 0 amide bonds. The number of aryl methyl sites for hydroxylation is 2. The zero-order valence-electron chi connectivity index (χ0n) is 10.9. The molecule has 0 spiro atoms. The molecule has 2 N–H and O–H groups in total. The van der Waals surface area contributed by atoms with E-state index in [2.05, 4.69) is 25.1 Å². The predicted octanol–water partition coefficient (Wildman–Crippen LogP) is 3.38. The lowest BCUT2D eigenvalue weighted by Crippen LogP contribution is -2.18. The molecule has 0 heterocycles. The molecule has 94 valence electrons. The SMILES string of the molecule is Cc1ccc(C)c(OC(CN)c2ccccc2)c1. The highest BCUT2D eigenvalue weighted by Gasteiger charge is 2.12. The van der Waals surface area contributed by atoms with Gasteiger partial charge in [-0.1, -0.05) is 42.5 Å². The number of benzene rings is 2. The van der Waals surface area contributed by atoms with Crippen LogP contribution >= 0.6 is 0 Å². The van der Waals surface area contributed by atoms with Gasteiger partial charge in [-0.25, -0.2) is 0 Å². The Morgan fingerprint density at radius 3 is 2.44 bits per heavy atom. The highest BCUT2D eigenvalue weighted by Crippen LogP contribution is 2.25. The van der Waals surface area contributed by atoms with Crippen molar-refractivity contribution in [1.29, 1.82) is 0 Å². The van der Waals surface area contributed by atoms with Crippen molar-refractivity contribution >= 4 is 0 Å². The van der Waals surface area contributed by atoms with E-state index in [9.17, 15) is 0 Å². The molecule has 0 saturated heterocycles. The topological polar surface area (TPSA) is 35.2 Å². The van der Waals surface area contributed by atoms with Crippen LogP contribution in [0.3, 0.4) is 0 Å². The van der Waals surface area contributed by atoms with E-state index < -0.39 is 0 Å². The van der Waals surface area contributed by atoms with Crippen LogP contribution in [0.25, 0.3) is 0 Å². The van der Waals surface area contributed by atoms with Crippen molar-refractivity contribution in [2.75, 3.05) is 6.54 Å². The van der Waals surface area contributed by atoms with Crippen molar-refractivity contribution in [3.05, 3.63) is 65.2 Å². The van der Waals surface area contributed by atoms with Crippen LogP contribution in [0.4, 0.5) is 0 Å². The average Bonchev–Trinajstić information content (AvgIpc) is 2.41. The van der Waals surface area contributed by atoms with E-state index in [1.807, 2.05) is 37.3 Å². The van der Waals surface area contributed by atoms with Gasteiger partial charge >= 0.3 is 0 Å². The second-order valence-electron chi connectivity index (χ2n) is 4.52. The Bertz CT molecular complexity index is 508. The van der Waals surface area contributed by atoms with Crippen LogP contribution in [0.5, 0.6) is 5.75 Å². The van der Waals surface area contributed by atoms with Crippen molar-refractivity contribution in [3.8, 4) is 5.75 Å². The summed E-state index contributed by atoms with van der Waals surface area (Å²) >= 11 is 0. The Kier molecular flexibility index (Phi) is 4.00. The molecule has 1 atom stereocenters. The summed E-state index contributed by atoms with van der Waals surface area (Å²) in [6.45, 7) is 4.58. The van der Waals surface area contributed by atoms with E-state index in [1.165, 1.54) is 5.56 Å². The normalized spacial score (nSPS) is 12.2. The van der Waals surface area contributed by atoms with E-state index in [-0.39, 0.29) is 6.10 Å². The third-order valence-corrected chi connectivity index (χ3v) is 3.00. The van der Waals surface area contributed by atoms with Gasteiger partial charge in [-0.05, 0) is 36.6 Å². The minimum atomic E-state index is -0.0910. The van der Waals surface area contributed by atoms with Gasteiger partial charge in [0.15, 0.2) is 0 Å². The summed E-state index contributed by atoms with van der Waals surface area (Å²) < 4.78 is 6.04. The Balaban J connectivity index is 2.23. The summed E-state index contributed by atoms with van der Waals surface area (Å²) in [6.07, 6.45) is -0.0910. The molecule has 18 heavy (non-hydrogen) atoms. The molecular weight excluding hydrogens is 222 g/mol. The summed E-state index contributed by atoms with van der Waals surface area (Å²) in [7, 11) is 0. The minimum absolute atomic E-state index is 0.0910. The lowest BCUT2D eigenvalue weighted by Gasteiger charge is -2.19. The number of ether oxygens (including phenoxy) is 1. The van der Waals surface area contributed by atoms with Crippen LogP contribution in [0.2, 0.25) is 0 Å². The monoisotopic (exact) mass is 241 g/mol. The van der Waals surface area contributed by atoms with Crippen LogP contribution in [-0.2, 0) is 0 Å². The Labute approximate surface area is 108 Å². The van der Waals surface area contributed by atoms with Gasteiger partial charge in [0.2, 0.25) is 0 Å². The largest absolute Gasteiger partial charge is 0.484 e. The van der Waals surface area contributed by atoms with Gasteiger partial charge in [0.1, 0.15) is 11.9 Å². The van der Waals surface area contributed by atoms with Gasteiger partial charge in [0, 0.05) is 6.54 Å². The zero-order valence-corrected chi connectivity index (χ0v) is 10.9. The van der Waals surface area contributed by atoms with E-state index in [0.717, 1.165) is 16.9 Å². The van der Waals surface area contributed by atoms with Crippen LogP contribution in [0.15, 0.2) is 48.5 Å². The first kappa shape index (κ1) is 12.7. The van der Waals surface area contributed by atoms with E-state index >= 15 is 0 Å². The maximum absolute atomic E-state index is 6.04. The molecule has 0 aliphatic rings. The molecule has 0 fully saturated rings. The number of rotatable bonds is 4. The van der Waals surface area contributed by atoms with Gasteiger partial charge in [-0.3, -0.25) is 0 Å². The molecule has 2 nitrogen and oxygen atoms in total. The first-order valence-electron chi connectivity index (χ1n) is 6.19. The fourth-order valence-corrected chi connectivity index (χ4v) is 1.91. The van der Waals surface area contributed by atoms with Gasteiger partial charge in [0.05, 0.1) is 0 Å². The average molecular weight is 241 g/mol. The quantitative estimate of drug-likeness (QED) is 0.890. The van der Waals surface area contributed by atoms with Crippen LogP contribution in [0.1, 0.15) is 22.8 Å². The molecular formula is C16H19NO. The summed E-state index contributed by atoms with van der Waals surface area (Å²) in [4.78, 5) is 0. The molecule has 0 aliphatic heterocycles. The van der Waals surface area contributed by atoms with E-state index in [1.54, 1.807) is 0 Å². The number of hydrogen-bond acceptors (Lipinski definition) is 2. The molecule has 0 bridgehead atoms. The molecule has 2 aromatic rings. The molecule has 2 aromatic carbocycles. The molecule has 2 heteroatoms. The van der Waals surface area contributed by atoms with Gasteiger partial charge in [0.25, 0.3) is 0 Å². The van der Waals surface area contributed by atoms with Gasteiger partial charge in [-0.2, -0.15) is 0 Å². The van der Waals surface area contributed by atoms with Crippen molar-refractivity contribution in [3.63, 3.8) is 0 Å². The second-order valence-corrected chi connectivity index (χ2v) is 4.52. The summed E-state index contributed by atoms with van der Waals surface area (Å²) in [5.41, 5.74) is 9.26. The first-order chi connectivity index (χ1) is 8.70. The molecule has 0 saturated carbocycles. The highest BCUT2D eigenvalue weighted by atomic mass is 16.5. The zero-order chi connectivity index (χ0) is 13.0. The van der Waals surface area contributed by atoms with Crippen molar-refractivity contribution in [1.82, 2.24) is 0 Å². The Morgan fingerprint density at radius 2 is 1.78 bits per heavy atom. The molecule has 2 rings (SSSR count). The summed E-state index contributed by atoms with van der Waals surface area (Å²) in [5.74, 6) is 0.911. The molecule has 0 aliphatic carbocycles. The first-order valence-corrected chi connectivity index (χ1v) is 6.19. The second kappa shape index (κ2) is 5.69. The maximum Gasteiger partial charge on any atom is 0.136 e. The predicted molar refractivity (Wildman–Crippen MR) is 74.8 cm³/mol. The molecule has 1 unspecified atom stereocenters. The third-order valence-electron chi connectivity index (χ3n) is 3.00. The fraction of sp³-hybridized carbons (Fsp3) is 0.250. The summed E-state index contributed by atoms with van der Waals surface area (Å²) in [5, 5.41) is 0. The number of hydrogen-bond donors (Lipinski definition) is 1. The van der Waals surface area contributed by atoms with Crippen LogP contribution in [-0.4, -0.2) is 6.54 Å². The fourth-order valence-electron chi connectivity index (χ4n) is 1.91. The third kappa shape index (κ3) is 2.90. The maximum atomic E-state index is 6.04.